The lowest BCUT2D eigenvalue weighted by Gasteiger charge is -2.11. The first-order valence-corrected chi connectivity index (χ1v) is 6.15. The van der Waals surface area contributed by atoms with Crippen molar-refractivity contribution in [2.75, 3.05) is 6.54 Å². The third-order valence-electron chi connectivity index (χ3n) is 2.58. The Morgan fingerprint density at radius 3 is 3.13 bits per heavy atom. The molecule has 0 aromatic carbocycles. The molecular formula is C10H16N2O2S. The minimum absolute atomic E-state index is 0.0116. The van der Waals surface area contributed by atoms with Gasteiger partial charge in [-0.2, -0.15) is 0 Å². The standard InChI is InChI=1S/C10H16N2O2S/c1-7-2-3-9(14-7)5-11-4-8-6-15-10(13)12-8/h6-7,9,11H,2-5H2,1H3,(H,12,13). The van der Waals surface area contributed by atoms with Crippen molar-refractivity contribution < 1.29 is 4.74 Å². The van der Waals surface area contributed by atoms with E-state index >= 15 is 0 Å². The zero-order chi connectivity index (χ0) is 10.7. The Bertz CT molecular complexity index is 360. The van der Waals surface area contributed by atoms with Crippen LogP contribution < -0.4 is 10.2 Å². The number of thiazole rings is 1. The summed E-state index contributed by atoms with van der Waals surface area (Å²) >= 11 is 1.21. The normalized spacial score (nSPS) is 25.9. The van der Waals surface area contributed by atoms with Crippen molar-refractivity contribution in [3.05, 3.63) is 20.7 Å². The predicted molar refractivity (Wildman–Crippen MR) is 60.2 cm³/mol. The van der Waals surface area contributed by atoms with E-state index in [1.165, 1.54) is 11.3 Å². The molecule has 2 N–H and O–H groups in total. The number of hydrogen-bond donors (Lipinski definition) is 2. The zero-order valence-corrected chi connectivity index (χ0v) is 9.60. The Morgan fingerprint density at radius 2 is 2.53 bits per heavy atom. The number of aromatic amines is 1. The Morgan fingerprint density at radius 1 is 1.67 bits per heavy atom. The van der Waals surface area contributed by atoms with Gasteiger partial charge < -0.3 is 15.0 Å². The summed E-state index contributed by atoms with van der Waals surface area (Å²) in [7, 11) is 0. The lowest BCUT2D eigenvalue weighted by Crippen LogP contribution is -2.26. The lowest BCUT2D eigenvalue weighted by atomic mass is 10.2. The summed E-state index contributed by atoms with van der Waals surface area (Å²) in [5, 5.41) is 5.14. The van der Waals surface area contributed by atoms with Crippen molar-refractivity contribution in [2.24, 2.45) is 0 Å². The largest absolute Gasteiger partial charge is 0.374 e. The van der Waals surface area contributed by atoms with Gasteiger partial charge in [-0.05, 0) is 19.8 Å². The van der Waals surface area contributed by atoms with Gasteiger partial charge in [-0.1, -0.05) is 11.3 Å². The second-order valence-electron chi connectivity index (χ2n) is 3.95. The fourth-order valence-electron chi connectivity index (χ4n) is 1.80. The molecule has 2 unspecified atom stereocenters. The maximum atomic E-state index is 10.9. The van der Waals surface area contributed by atoms with Crippen molar-refractivity contribution >= 4 is 11.3 Å². The molecule has 2 rings (SSSR count). The van der Waals surface area contributed by atoms with Crippen molar-refractivity contribution in [1.29, 1.82) is 0 Å². The van der Waals surface area contributed by atoms with Crippen LogP contribution in [-0.4, -0.2) is 23.7 Å². The second-order valence-corrected chi connectivity index (χ2v) is 4.79. The molecular weight excluding hydrogens is 212 g/mol. The van der Waals surface area contributed by atoms with Crippen LogP contribution in [0.25, 0.3) is 0 Å². The smallest absolute Gasteiger partial charge is 0.304 e. The van der Waals surface area contributed by atoms with Crippen LogP contribution in [0.5, 0.6) is 0 Å². The molecule has 0 amide bonds. The predicted octanol–water partition coefficient (Wildman–Crippen LogP) is 1.09. The summed E-state index contributed by atoms with van der Waals surface area (Å²) in [6.07, 6.45) is 3.03. The van der Waals surface area contributed by atoms with Crippen molar-refractivity contribution in [3.8, 4) is 0 Å². The zero-order valence-electron chi connectivity index (χ0n) is 8.79. The number of rotatable bonds is 4. The summed E-state index contributed by atoms with van der Waals surface area (Å²) in [6.45, 7) is 3.69. The van der Waals surface area contributed by atoms with E-state index in [9.17, 15) is 4.79 Å². The highest BCUT2D eigenvalue weighted by Crippen LogP contribution is 2.18. The molecule has 2 heterocycles. The Kier molecular flexibility index (Phi) is 3.56. The Hall–Kier alpha value is -0.650. The van der Waals surface area contributed by atoms with E-state index in [1.807, 2.05) is 5.38 Å². The highest BCUT2D eigenvalue weighted by Gasteiger charge is 2.20. The van der Waals surface area contributed by atoms with Gasteiger partial charge in [0.1, 0.15) is 0 Å². The van der Waals surface area contributed by atoms with E-state index in [2.05, 4.69) is 17.2 Å². The number of nitrogens with one attached hydrogen (secondary N) is 2. The van der Waals surface area contributed by atoms with Gasteiger partial charge in [0.2, 0.25) is 0 Å². The first kappa shape index (κ1) is 10.9. The number of hydrogen-bond acceptors (Lipinski definition) is 4. The third kappa shape index (κ3) is 3.15. The van der Waals surface area contributed by atoms with E-state index in [-0.39, 0.29) is 4.87 Å². The van der Waals surface area contributed by atoms with Gasteiger partial charge in [0.25, 0.3) is 0 Å². The fraction of sp³-hybridized carbons (Fsp3) is 0.700. The van der Waals surface area contributed by atoms with Crippen LogP contribution in [0.15, 0.2) is 10.2 Å². The summed E-state index contributed by atoms with van der Waals surface area (Å²) in [4.78, 5) is 13.6. The lowest BCUT2D eigenvalue weighted by molar-refractivity contribution is 0.0558. The number of H-pyrrole nitrogens is 1. The van der Waals surface area contributed by atoms with E-state index in [1.54, 1.807) is 0 Å². The van der Waals surface area contributed by atoms with Crippen molar-refractivity contribution in [1.82, 2.24) is 10.3 Å². The maximum Gasteiger partial charge on any atom is 0.304 e. The molecule has 0 radical (unpaired) electrons. The minimum atomic E-state index is 0.0116. The molecule has 1 aliphatic rings. The van der Waals surface area contributed by atoms with Gasteiger partial charge >= 0.3 is 4.87 Å². The van der Waals surface area contributed by atoms with Crippen LogP contribution in [0.3, 0.4) is 0 Å². The summed E-state index contributed by atoms with van der Waals surface area (Å²) in [5.74, 6) is 0. The molecule has 2 atom stereocenters. The van der Waals surface area contributed by atoms with E-state index < -0.39 is 0 Å². The second kappa shape index (κ2) is 4.92. The topological polar surface area (TPSA) is 54.1 Å². The van der Waals surface area contributed by atoms with Crippen LogP contribution in [0.4, 0.5) is 0 Å². The molecule has 4 nitrogen and oxygen atoms in total. The van der Waals surface area contributed by atoms with Gasteiger partial charge in [0.15, 0.2) is 0 Å². The minimum Gasteiger partial charge on any atom is -0.374 e. The monoisotopic (exact) mass is 228 g/mol. The van der Waals surface area contributed by atoms with Gasteiger partial charge in [-0.3, -0.25) is 4.79 Å². The van der Waals surface area contributed by atoms with Gasteiger partial charge in [-0.25, -0.2) is 0 Å². The third-order valence-corrected chi connectivity index (χ3v) is 3.30. The van der Waals surface area contributed by atoms with Crippen LogP contribution in [0.1, 0.15) is 25.5 Å². The molecule has 1 saturated heterocycles. The molecule has 1 aromatic heterocycles. The Labute approximate surface area is 92.7 Å². The molecule has 0 aliphatic carbocycles. The Balaban J connectivity index is 1.69. The summed E-state index contributed by atoms with van der Waals surface area (Å²) in [5.41, 5.74) is 0.955. The van der Waals surface area contributed by atoms with Crippen LogP contribution in [0, 0.1) is 0 Å². The molecule has 1 aromatic rings. The molecule has 1 aliphatic heterocycles. The van der Waals surface area contributed by atoms with Crippen LogP contribution >= 0.6 is 11.3 Å². The number of ether oxygens (including phenoxy) is 1. The van der Waals surface area contributed by atoms with Crippen molar-refractivity contribution in [3.63, 3.8) is 0 Å². The molecule has 0 saturated carbocycles. The van der Waals surface area contributed by atoms with Crippen molar-refractivity contribution in [2.45, 2.75) is 38.5 Å². The average molecular weight is 228 g/mol. The van der Waals surface area contributed by atoms with E-state index in [0.29, 0.717) is 18.8 Å². The molecule has 15 heavy (non-hydrogen) atoms. The molecule has 0 bridgehead atoms. The first-order valence-electron chi connectivity index (χ1n) is 5.27. The molecule has 1 fully saturated rings. The summed E-state index contributed by atoms with van der Waals surface area (Å²) < 4.78 is 5.67. The highest BCUT2D eigenvalue weighted by atomic mass is 32.1. The van der Waals surface area contributed by atoms with Gasteiger partial charge in [-0.15, -0.1) is 0 Å². The maximum absolute atomic E-state index is 10.9. The SMILES string of the molecule is CC1CCC(CNCc2csc(=O)[nH]2)O1. The van der Waals surface area contributed by atoms with Crippen LogP contribution in [-0.2, 0) is 11.3 Å². The van der Waals surface area contributed by atoms with E-state index in [0.717, 1.165) is 25.1 Å². The van der Waals surface area contributed by atoms with E-state index in [4.69, 9.17) is 4.74 Å². The number of aromatic nitrogens is 1. The quantitative estimate of drug-likeness (QED) is 0.811. The molecule has 5 heteroatoms. The van der Waals surface area contributed by atoms with Gasteiger partial charge in [0.05, 0.1) is 12.2 Å². The average Bonchev–Trinajstić information content (AvgIpc) is 2.76. The fourth-order valence-corrected chi connectivity index (χ4v) is 2.39. The first-order chi connectivity index (χ1) is 7.24. The molecule has 0 spiro atoms. The highest BCUT2D eigenvalue weighted by molar-refractivity contribution is 7.07. The van der Waals surface area contributed by atoms with Crippen LogP contribution in [0.2, 0.25) is 0 Å². The van der Waals surface area contributed by atoms with Gasteiger partial charge in [0, 0.05) is 24.2 Å². The summed E-state index contributed by atoms with van der Waals surface area (Å²) in [6, 6.07) is 0. The molecule has 84 valence electrons.